The van der Waals surface area contributed by atoms with Crippen LogP contribution in [0, 0.1) is 5.41 Å². The molecule has 0 radical (unpaired) electrons. The Morgan fingerprint density at radius 3 is 2.03 bits per heavy atom. The smallest absolute Gasteiger partial charge is 0.228 e. The molecule has 0 bridgehead atoms. The second-order valence-corrected chi connectivity index (χ2v) is 12.7. The minimum Gasteiger partial charge on any atom is -0.477 e. The second kappa shape index (κ2) is 8.39. The molecule has 1 saturated heterocycles. The van der Waals surface area contributed by atoms with E-state index in [2.05, 4.69) is 74.5 Å². The maximum Gasteiger partial charge on any atom is 0.228 e. The lowest BCUT2D eigenvalue weighted by atomic mass is 9.94. The fourth-order valence-electron chi connectivity index (χ4n) is 4.42. The summed E-state index contributed by atoms with van der Waals surface area (Å²) in [4.78, 5) is 20.4. The van der Waals surface area contributed by atoms with Gasteiger partial charge in [-0.25, -0.2) is 4.99 Å². The first-order valence-electron chi connectivity index (χ1n) is 11.1. The minimum atomic E-state index is -0.609. The van der Waals surface area contributed by atoms with Crippen molar-refractivity contribution >= 4 is 30.3 Å². The Hall–Kier alpha value is -2.19. The highest BCUT2D eigenvalue weighted by atomic mass is 31.1. The third-order valence-electron chi connectivity index (χ3n) is 5.89. The number of hydrogen-bond acceptors (Lipinski definition) is 3. The summed E-state index contributed by atoms with van der Waals surface area (Å²) in [5.74, 6) is 0.910. The number of hydrogen-bond donors (Lipinski definition) is 0. The SMILES string of the molecule is CC1(C)COC([C@@H]2C[C@H](P(c3ccccc3)c3ccccc3)CN2C(=O)C(C)(C)C)=N1. The molecule has 2 atom stereocenters. The van der Waals surface area contributed by atoms with Gasteiger partial charge in [-0.15, -0.1) is 0 Å². The minimum absolute atomic E-state index is 0.0871. The Bertz CT molecular complexity index is 911. The maximum absolute atomic E-state index is 13.5. The van der Waals surface area contributed by atoms with Crippen molar-refractivity contribution in [1.29, 1.82) is 0 Å². The van der Waals surface area contributed by atoms with Crippen LogP contribution in [0.4, 0.5) is 0 Å². The van der Waals surface area contributed by atoms with Crippen LogP contribution in [0.5, 0.6) is 0 Å². The van der Waals surface area contributed by atoms with Crippen molar-refractivity contribution in [2.75, 3.05) is 13.2 Å². The van der Waals surface area contributed by atoms with Gasteiger partial charge in [0.15, 0.2) is 0 Å². The molecule has 2 heterocycles. The molecule has 2 aliphatic rings. The molecular weight excluding hydrogens is 403 g/mol. The summed E-state index contributed by atoms with van der Waals surface area (Å²) in [7, 11) is -0.609. The zero-order chi connectivity index (χ0) is 22.2. The molecule has 4 nitrogen and oxygen atoms in total. The monoisotopic (exact) mass is 436 g/mol. The van der Waals surface area contributed by atoms with Gasteiger partial charge < -0.3 is 9.64 Å². The summed E-state index contributed by atoms with van der Waals surface area (Å²) in [5, 5.41) is 2.71. The second-order valence-electron chi connectivity index (χ2n) is 10.2. The van der Waals surface area contributed by atoms with Crippen LogP contribution >= 0.6 is 7.92 Å². The van der Waals surface area contributed by atoms with Crippen LogP contribution in [-0.2, 0) is 9.53 Å². The van der Waals surface area contributed by atoms with E-state index >= 15 is 0 Å². The van der Waals surface area contributed by atoms with Crippen molar-refractivity contribution in [2.45, 2.75) is 58.3 Å². The van der Waals surface area contributed by atoms with E-state index in [0.29, 0.717) is 12.3 Å². The average Bonchev–Trinajstić information content (AvgIpc) is 3.32. The van der Waals surface area contributed by atoms with Crippen LogP contribution in [0.2, 0.25) is 0 Å². The van der Waals surface area contributed by atoms with Gasteiger partial charge in [-0.05, 0) is 38.8 Å². The fourth-order valence-corrected chi connectivity index (χ4v) is 7.30. The number of likely N-dealkylation sites (tertiary alicyclic amines) is 1. The van der Waals surface area contributed by atoms with Crippen molar-refractivity contribution < 1.29 is 9.53 Å². The topological polar surface area (TPSA) is 41.9 Å². The molecule has 0 saturated carbocycles. The first-order chi connectivity index (χ1) is 14.7. The van der Waals surface area contributed by atoms with Gasteiger partial charge in [-0.3, -0.25) is 4.79 Å². The largest absolute Gasteiger partial charge is 0.477 e. The third-order valence-corrected chi connectivity index (χ3v) is 8.70. The van der Waals surface area contributed by atoms with Crippen molar-refractivity contribution in [2.24, 2.45) is 10.4 Å². The quantitative estimate of drug-likeness (QED) is 0.669. The van der Waals surface area contributed by atoms with Crippen LogP contribution in [0.25, 0.3) is 0 Å². The molecule has 0 N–H and O–H groups in total. The highest BCUT2D eigenvalue weighted by Crippen LogP contribution is 2.46. The summed E-state index contributed by atoms with van der Waals surface area (Å²) >= 11 is 0. The molecule has 2 aliphatic heterocycles. The van der Waals surface area contributed by atoms with Crippen LogP contribution in [0.3, 0.4) is 0 Å². The first-order valence-corrected chi connectivity index (χ1v) is 12.5. The Balaban J connectivity index is 1.73. The molecule has 0 spiro atoms. The average molecular weight is 437 g/mol. The molecule has 0 aliphatic carbocycles. The summed E-state index contributed by atoms with van der Waals surface area (Å²) in [6.07, 6.45) is 0.881. The predicted molar refractivity (Wildman–Crippen MR) is 130 cm³/mol. The Morgan fingerprint density at radius 2 is 1.58 bits per heavy atom. The number of aliphatic imine (C=N–C) groups is 1. The van der Waals surface area contributed by atoms with Crippen molar-refractivity contribution in [3.63, 3.8) is 0 Å². The molecule has 0 aromatic heterocycles. The predicted octanol–water partition coefficient (Wildman–Crippen LogP) is 4.34. The van der Waals surface area contributed by atoms with E-state index in [4.69, 9.17) is 9.73 Å². The Morgan fingerprint density at radius 1 is 1.03 bits per heavy atom. The van der Waals surface area contributed by atoms with Gasteiger partial charge in [0.25, 0.3) is 0 Å². The highest BCUT2D eigenvalue weighted by Gasteiger charge is 2.47. The molecule has 1 amide bonds. The van der Waals surface area contributed by atoms with Crippen molar-refractivity contribution in [3.8, 4) is 0 Å². The van der Waals surface area contributed by atoms with Gasteiger partial charge in [0.1, 0.15) is 12.6 Å². The number of nitrogens with zero attached hydrogens (tertiary/aromatic N) is 2. The fraction of sp³-hybridized carbons (Fsp3) is 0.462. The number of rotatable bonds is 4. The zero-order valence-corrected chi connectivity index (χ0v) is 20.1. The number of benzene rings is 2. The molecule has 4 rings (SSSR count). The van der Waals surface area contributed by atoms with Gasteiger partial charge in [-0.2, -0.15) is 0 Å². The molecular formula is C26H33N2O2P. The Labute approximate surface area is 187 Å². The maximum atomic E-state index is 13.5. The lowest BCUT2D eigenvalue weighted by Gasteiger charge is -2.31. The van der Waals surface area contributed by atoms with Crippen LogP contribution in [0.15, 0.2) is 65.7 Å². The summed E-state index contributed by atoms with van der Waals surface area (Å²) in [5.41, 5.74) is -0.316. The zero-order valence-electron chi connectivity index (χ0n) is 19.2. The molecule has 2 aromatic carbocycles. The lowest BCUT2D eigenvalue weighted by Crippen LogP contribution is -2.46. The Kier molecular flexibility index (Phi) is 5.96. The number of carbonyl (C=O) groups excluding carboxylic acids is 1. The van der Waals surface area contributed by atoms with E-state index < -0.39 is 13.3 Å². The molecule has 164 valence electrons. The molecule has 2 aromatic rings. The van der Waals surface area contributed by atoms with E-state index in [0.717, 1.165) is 18.9 Å². The molecule has 31 heavy (non-hydrogen) atoms. The molecule has 1 fully saturated rings. The van der Waals surface area contributed by atoms with Gasteiger partial charge in [-0.1, -0.05) is 81.4 Å². The third kappa shape index (κ3) is 4.70. The summed E-state index contributed by atoms with van der Waals surface area (Å²) in [6.45, 7) is 11.5. The van der Waals surface area contributed by atoms with Gasteiger partial charge in [0.05, 0.1) is 5.54 Å². The highest BCUT2D eigenvalue weighted by molar-refractivity contribution is 7.73. The van der Waals surface area contributed by atoms with Crippen LogP contribution in [0.1, 0.15) is 41.0 Å². The normalized spacial score (nSPS) is 23.0. The van der Waals surface area contributed by atoms with Crippen molar-refractivity contribution in [1.82, 2.24) is 4.90 Å². The van der Waals surface area contributed by atoms with E-state index in [1.807, 2.05) is 25.7 Å². The van der Waals surface area contributed by atoms with E-state index in [1.54, 1.807) is 0 Å². The number of amides is 1. The molecule has 0 unspecified atom stereocenters. The standard InChI is InChI=1S/C26H33N2O2P/c1-25(2,3)24(29)28-17-21(16-22(28)23-27-26(4,5)18-30-23)31(19-12-8-6-9-13-19)20-14-10-7-11-15-20/h6-15,21-22H,16-18H2,1-5H3/t21-,22-/m0/s1. The summed E-state index contributed by atoms with van der Waals surface area (Å²) < 4.78 is 6.05. The van der Waals surface area contributed by atoms with Gasteiger partial charge >= 0.3 is 0 Å². The van der Waals surface area contributed by atoms with Crippen molar-refractivity contribution in [3.05, 3.63) is 60.7 Å². The number of ether oxygens (including phenoxy) is 1. The van der Waals surface area contributed by atoms with Crippen LogP contribution in [-0.4, -0.2) is 47.1 Å². The van der Waals surface area contributed by atoms with Crippen LogP contribution < -0.4 is 10.6 Å². The van der Waals surface area contributed by atoms with E-state index in [-0.39, 0.29) is 17.5 Å². The van der Waals surface area contributed by atoms with Gasteiger partial charge in [0.2, 0.25) is 11.8 Å². The summed E-state index contributed by atoms with van der Waals surface area (Å²) in [6, 6.07) is 21.4. The first kappa shape index (κ1) is 22.0. The van der Waals surface area contributed by atoms with E-state index in [9.17, 15) is 4.79 Å². The number of carbonyl (C=O) groups is 1. The van der Waals surface area contributed by atoms with Gasteiger partial charge in [0, 0.05) is 17.6 Å². The lowest BCUT2D eigenvalue weighted by molar-refractivity contribution is -0.139. The molecule has 5 heteroatoms. The van der Waals surface area contributed by atoms with E-state index in [1.165, 1.54) is 10.6 Å².